The molecule has 11 nitrogen and oxygen atoms in total. The number of aromatic nitrogens is 2. The van der Waals surface area contributed by atoms with Gasteiger partial charge in [-0.1, -0.05) is 13.8 Å². The van der Waals surface area contributed by atoms with Gasteiger partial charge in [0.1, 0.15) is 18.5 Å². The van der Waals surface area contributed by atoms with E-state index in [1.807, 2.05) is 0 Å². The number of nitrogens with two attached hydrogens (primary N) is 1. The number of hydrogen-bond acceptors (Lipinski definition) is 10. The summed E-state index contributed by atoms with van der Waals surface area (Å²) >= 11 is 0. The molecule has 2 rings (SSSR count). The van der Waals surface area contributed by atoms with Gasteiger partial charge >= 0.3 is 18.0 Å². The molecule has 0 radical (unpaired) electrons. The molecule has 1 saturated heterocycles. The Hall–Kier alpha value is -2.89. The predicted octanol–water partition coefficient (Wildman–Crippen LogP) is 1.95. The van der Waals surface area contributed by atoms with Gasteiger partial charge in [0.15, 0.2) is 18.0 Å². The van der Waals surface area contributed by atoms with Gasteiger partial charge in [-0.15, -0.1) is 0 Å². The first-order valence-corrected chi connectivity index (χ1v) is 9.52. The summed E-state index contributed by atoms with van der Waals surface area (Å²) in [4.78, 5) is 39.3. The molecule has 0 amide bonds. The number of ether oxygens (including phenoxy) is 5. The average Bonchev–Trinajstić information content (AvgIpc) is 2.93. The standard InChI is InChI=1S/C18H26FN3O8/c1-4-8-26-16(24)28-10-11-13(30-17(25)27-9-5-2)18(3,19)14(29-11)22-7-6-12(20)21-15(22)23/h6-7,11,13-14H,4-5,8-10H2,1-3H3,(H2,20,21,23)/t11-,13-,14-,18-/m1/s1. The molecule has 2 heterocycles. The molecule has 0 aliphatic carbocycles. The molecule has 1 aliphatic heterocycles. The molecule has 168 valence electrons. The molecule has 0 saturated carbocycles. The van der Waals surface area contributed by atoms with E-state index in [9.17, 15) is 14.4 Å². The van der Waals surface area contributed by atoms with Gasteiger partial charge in [0.25, 0.3) is 0 Å². The molecule has 1 aromatic rings. The maximum absolute atomic E-state index is 15.7. The van der Waals surface area contributed by atoms with Crippen LogP contribution in [0, 0.1) is 0 Å². The highest BCUT2D eigenvalue weighted by Crippen LogP contribution is 2.42. The zero-order valence-corrected chi connectivity index (χ0v) is 17.0. The highest BCUT2D eigenvalue weighted by molar-refractivity contribution is 5.61. The van der Waals surface area contributed by atoms with E-state index >= 15 is 4.39 Å². The second kappa shape index (κ2) is 10.2. The minimum atomic E-state index is -2.39. The van der Waals surface area contributed by atoms with Crippen molar-refractivity contribution in [1.82, 2.24) is 9.55 Å². The van der Waals surface area contributed by atoms with E-state index in [0.29, 0.717) is 12.8 Å². The maximum Gasteiger partial charge on any atom is 0.508 e. The first-order chi connectivity index (χ1) is 14.2. The van der Waals surface area contributed by atoms with E-state index in [2.05, 4.69) is 4.98 Å². The van der Waals surface area contributed by atoms with Gasteiger partial charge in [-0.05, 0) is 25.8 Å². The first-order valence-electron chi connectivity index (χ1n) is 9.52. The van der Waals surface area contributed by atoms with Crippen LogP contribution in [0.5, 0.6) is 0 Å². The molecule has 0 spiro atoms. The molecular formula is C18H26FN3O8. The smallest absolute Gasteiger partial charge is 0.434 e. The molecule has 0 aromatic carbocycles. The van der Waals surface area contributed by atoms with Crippen molar-refractivity contribution in [3.05, 3.63) is 22.7 Å². The van der Waals surface area contributed by atoms with Gasteiger partial charge < -0.3 is 29.4 Å². The van der Waals surface area contributed by atoms with E-state index in [1.165, 1.54) is 12.3 Å². The van der Waals surface area contributed by atoms with Crippen molar-refractivity contribution in [3.63, 3.8) is 0 Å². The molecule has 0 bridgehead atoms. The Balaban J connectivity index is 2.24. The van der Waals surface area contributed by atoms with Crippen molar-refractivity contribution in [2.24, 2.45) is 0 Å². The number of anilines is 1. The summed E-state index contributed by atoms with van der Waals surface area (Å²) in [5, 5.41) is 0. The summed E-state index contributed by atoms with van der Waals surface area (Å²) in [6, 6.07) is 1.29. The van der Waals surface area contributed by atoms with E-state index in [1.54, 1.807) is 13.8 Å². The fourth-order valence-electron chi connectivity index (χ4n) is 2.83. The fraction of sp³-hybridized carbons (Fsp3) is 0.667. The lowest BCUT2D eigenvalue weighted by Gasteiger charge is -2.27. The van der Waals surface area contributed by atoms with Gasteiger partial charge in [-0.2, -0.15) is 4.98 Å². The third kappa shape index (κ3) is 5.59. The van der Waals surface area contributed by atoms with Crippen LogP contribution in [0.4, 0.5) is 19.8 Å². The van der Waals surface area contributed by atoms with Crippen LogP contribution in [0.25, 0.3) is 0 Å². The van der Waals surface area contributed by atoms with E-state index in [4.69, 9.17) is 29.4 Å². The Morgan fingerprint density at radius 2 is 1.87 bits per heavy atom. The second-order valence-corrected chi connectivity index (χ2v) is 6.77. The van der Waals surface area contributed by atoms with Crippen molar-refractivity contribution in [2.75, 3.05) is 25.6 Å². The molecule has 1 fully saturated rings. The van der Waals surface area contributed by atoms with Gasteiger partial charge in [0, 0.05) is 6.20 Å². The zero-order chi connectivity index (χ0) is 22.3. The van der Waals surface area contributed by atoms with E-state index in [-0.39, 0.29) is 19.0 Å². The van der Waals surface area contributed by atoms with Crippen molar-refractivity contribution >= 4 is 18.1 Å². The quantitative estimate of drug-likeness (QED) is 0.607. The summed E-state index contributed by atoms with van der Waals surface area (Å²) in [6.45, 7) is 4.40. The molecule has 4 atom stereocenters. The Labute approximate surface area is 172 Å². The predicted molar refractivity (Wildman–Crippen MR) is 100 cm³/mol. The average molecular weight is 431 g/mol. The molecule has 30 heavy (non-hydrogen) atoms. The topological polar surface area (TPSA) is 141 Å². The normalized spacial score (nSPS) is 25.5. The number of halogens is 1. The lowest BCUT2D eigenvalue weighted by Crippen LogP contribution is -2.45. The van der Waals surface area contributed by atoms with Crippen LogP contribution in [-0.4, -0.2) is 59.6 Å². The van der Waals surface area contributed by atoms with Crippen molar-refractivity contribution in [3.8, 4) is 0 Å². The van der Waals surface area contributed by atoms with E-state index in [0.717, 1.165) is 11.5 Å². The van der Waals surface area contributed by atoms with Crippen LogP contribution in [0.1, 0.15) is 39.8 Å². The molecule has 2 N–H and O–H groups in total. The van der Waals surface area contributed by atoms with Gasteiger partial charge in [-0.25, -0.2) is 18.8 Å². The van der Waals surface area contributed by atoms with Gasteiger partial charge in [-0.3, -0.25) is 4.57 Å². The van der Waals surface area contributed by atoms with Crippen LogP contribution < -0.4 is 11.4 Å². The molecular weight excluding hydrogens is 405 g/mol. The van der Waals surface area contributed by atoms with Crippen LogP contribution >= 0.6 is 0 Å². The van der Waals surface area contributed by atoms with Crippen LogP contribution in [0.15, 0.2) is 17.1 Å². The van der Waals surface area contributed by atoms with Crippen molar-refractivity contribution < 1.29 is 37.7 Å². The summed E-state index contributed by atoms with van der Waals surface area (Å²) in [6.07, 6.45) is -4.08. The van der Waals surface area contributed by atoms with Crippen LogP contribution in [0.3, 0.4) is 0 Å². The molecule has 1 aromatic heterocycles. The Morgan fingerprint density at radius 1 is 1.23 bits per heavy atom. The Bertz CT molecular complexity index is 800. The second-order valence-electron chi connectivity index (χ2n) is 6.77. The van der Waals surface area contributed by atoms with Crippen LogP contribution in [0.2, 0.25) is 0 Å². The summed E-state index contributed by atoms with van der Waals surface area (Å²) in [5.74, 6) is -0.0516. The van der Waals surface area contributed by atoms with Crippen LogP contribution in [-0.2, 0) is 23.7 Å². The minimum absolute atomic E-state index is 0.0516. The summed E-state index contributed by atoms with van der Waals surface area (Å²) in [7, 11) is 0. The number of nitrogen functional groups attached to an aromatic ring is 1. The number of carbonyl (C=O) groups is 2. The molecule has 12 heteroatoms. The highest BCUT2D eigenvalue weighted by atomic mass is 19.1. The van der Waals surface area contributed by atoms with Gasteiger partial charge in [0.05, 0.1) is 13.2 Å². The largest absolute Gasteiger partial charge is 0.508 e. The molecule has 1 aliphatic rings. The number of nitrogens with zero attached hydrogens (tertiary/aromatic N) is 2. The number of rotatable bonds is 8. The summed E-state index contributed by atoms with van der Waals surface area (Å²) < 4.78 is 41.9. The lowest BCUT2D eigenvalue weighted by atomic mass is 9.98. The van der Waals surface area contributed by atoms with Crippen molar-refractivity contribution in [2.45, 2.75) is 57.7 Å². The third-order valence-electron chi connectivity index (χ3n) is 4.22. The minimum Gasteiger partial charge on any atom is -0.434 e. The third-order valence-corrected chi connectivity index (χ3v) is 4.22. The maximum atomic E-state index is 15.7. The van der Waals surface area contributed by atoms with Crippen molar-refractivity contribution in [1.29, 1.82) is 0 Å². The lowest BCUT2D eigenvalue weighted by molar-refractivity contribution is -0.0694. The summed E-state index contributed by atoms with van der Waals surface area (Å²) in [5.41, 5.74) is 2.21. The number of alkyl halides is 1. The zero-order valence-electron chi connectivity index (χ0n) is 17.0. The highest BCUT2D eigenvalue weighted by Gasteiger charge is 2.58. The Morgan fingerprint density at radius 3 is 2.47 bits per heavy atom. The number of carbonyl (C=O) groups excluding carboxylic acids is 2. The first kappa shape index (κ1) is 23.4. The fourth-order valence-corrected chi connectivity index (χ4v) is 2.83. The van der Waals surface area contributed by atoms with Gasteiger partial charge in [0.2, 0.25) is 0 Å². The Kier molecular flexibility index (Phi) is 7.98. The monoisotopic (exact) mass is 431 g/mol. The number of hydrogen-bond donors (Lipinski definition) is 1. The SMILES string of the molecule is CCCOC(=O)OC[C@H]1O[C@@H](n2ccc(N)nc2=O)[C@](C)(F)[C@@H]1OC(=O)OCCC. The molecule has 0 unspecified atom stereocenters. The van der Waals surface area contributed by atoms with E-state index < -0.39 is 48.7 Å².